The molecular formula is C16H19N3O6. The predicted molar refractivity (Wildman–Crippen MR) is 91.0 cm³/mol. The van der Waals surface area contributed by atoms with Crippen molar-refractivity contribution >= 4 is 11.6 Å². The Morgan fingerprint density at radius 1 is 1.00 bits per heavy atom. The van der Waals surface area contributed by atoms with E-state index < -0.39 is 17.2 Å². The number of rotatable bonds is 5. The van der Waals surface area contributed by atoms with Crippen molar-refractivity contribution < 1.29 is 19.0 Å². The summed E-state index contributed by atoms with van der Waals surface area (Å²) in [5, 5.41) is 2.59. The Morgan fingerprint density at radius 3 is 2.04 bits per heavy atom. The summed E-state index contributed by atoms with van der Waals surface area (Å²) < 4.78 is 17.7. The van der Waals surface area contributed by atoms with Gasteiger partial charge in [-0.25, -0.2) is 4.79 Å². The van der Waals surface area contributed by atoms with Crippen molar-refractivity contribution in [3.63, 3.8) is 0 Å². The van der Waals surface area contributed by atoms with E-state index in [2.05, 4.69) is 5.32 Å². The molecule has 1 aromatic heterocycles. The minimum atomic E-state index is -0.687. The Kier molecular flexibility index (Phi) is 5.16. The predicted octanol–water partition coefficient (Wildman–Crippen LogP) is 0.362. The van der Waals surface area contributed by atoms with Crippen LogP contribution in [0, 0.1) is 0 Å². The van der Waals surface area contributed by atoms with Crippen LogP contribution in [0.4, 0.5) is 5.69 Å². The van der Waals surface area contributed by atoms with Gasteiger partial charge in [-0.15, -0.1) is 0 Å². The number of nitrogens with zero attached hydrogens (tertiary/aromatic N) is 2. The van der Waals surface area contributed by atoms with E-state index in [1.54, 1.807) is 0 Å². The van der Waals surface area contributed by atoms with Gasteiger partial charge in [0.05, 0.1) is 21.3 Å². The Bertz CT molecular complexity index is 903. The zero-order chi connectivity index (χ0) is 18.7. The number of ether oxygens (including phenoxy) is 3. The van der Waals surface area contributed by atoms with Crippen LogP contribution >= 0.6 is 0 Å². The summed E-state index contributed by atoms with van der Waals surface area (Å²) in [7, 11) is 7.13. The van der Waals surface area contributed by atoms with E-state index in [4.69, 9.17) is 14.2 Å². The lowest BCUT2D eigenvalue weighted by Gasteiger charge is -2.14. The van der Waals surface area contributed by atoms with E-state index >= 15 is 0 Å². The first kappa shape index (κ1) is 18.1. The molecular weight excluding hydrogens is 330 g/mol. The van der Waals surface area contributed by atoms with Gasteiger partial charge in [-0.3, -0.25) is 14.2 Å². The van der Waals surface area contributed by atoms with E-state index in [-0.39, 0.29) is 5.56 Å². The Balaban J connectivity index is 2.45. The quantitative estimate of drug-likeness (QED) is 0.837. The third-order valence-corrected chi connectivity index (χ3v) is 3.61. The average Bonchev–Trinajstić information content (AvgIpc) is 2.61. The van der Waals surface area contributed by atoms with Crippen molar-refractivity contribution in [3.05, 3.63) is 44.7 Å². The molecule has 0 radical (unpaired) electrons. The van der Waals surface area contributed by atoms with Crippen LogP contribution in [0.15, 0.2) is 27.9 Å². The summed E-state index contributed by atoms with van der Waals surface area (Å²) in [6, 6.07) is 3.07. The molecule has 0 aliphatic carbocycles. The van der Waals surface area contributed by atoms with Crippen LogP contribution in [0.3, 0.4) is 0 Å². The number of methoxy groups -OCH3 is 3. The Morgan fingerprint density at radius 2 is 1.56 bits per heavy atom. The van der Waals surface area contributed by atoms with Crippen molar-refractivity contribution in [2.45, 2.75) is 0 Å². The normalized spacial score (nSPS) is 10.3. The van der Waals surface area contributed by atoms with Gasteiger partial charge in [0, 0.05) is 38.1 Å². The standard InChI is InChI=1S/C16H19N3O6/c1-18-8-10(15(21)19(2)16(18)22)14(20)17-9-6-11(23-3)13(25-5)12(7-9)24-4/h6-8H,1-5H3,(H,17,20). The highest BCUT2D eigenvalue weighted by Crippen LogP contribution is 2.39. The molecule has 0 spiro atoms. The molecule has 0 aliphatic rings. The Hall–Kier alpha value is -3.23. The molecule has 0 aliphatic heterocycles. The molecule has 134 valence electrons. The summed E-state index contributed by atoms with van der Waals surface area (Å²) in [6.45, 7) is 0. The summed E-state index contributed by atoms with van der Waals surface area (Å²) in [5.41, 5.74) is -1.03. The molecule has 0 bridgehead atoms. The second kappa shape index (κ2) is 7.12. The second-order valence-corrected chi connectivity index (χ2v) is 5.17. The number of aromatic nitrogens is 2. The molecule has 2 rings (SSSR count). The smallest absolute Gasteiger partial charge is 0.330 e. The minimum absolute atomic E-state index is 0.168. The largest absolute Gasteiger partial charge is 0.493 e. The number of benzene rings is 1. The summed E-state index contributed by atoms with van der Waals surface area (Å²) in [4.78, 5) is 36.3. The van der Waals surface area contributed by atoms with Crippen LogP contribution in [-0.4, -0.2) is 36.4 Å². The van der Waals surface area contributed by atoms with Crippen LogP contribution in [0.5, 0.6) is 17.2 Å². The van der Waals surface area contributed by atoms with Crippen molar-refractivity contribution in [1.82, 2.24) is 9.13 Å². The van der Waals surface area contributed by atoms with Crippen LogP contribution in [0.25, 0.3) is 0 Å². The lowest BCUT2D eigenvalue weighted by molar-refractivity contribution is 0.102. The topological polar surface area (TPSA) is 101 Å². The van der Waals surface area contributed by atoms with Gasteiger partial charge in [0.15, 0.2) is 11.5 Å². The van der Waals surface area contributed by atoms with Crippen LogP contribution < -0.4 is 30.8 Å². The number of carbonyl (C=O) groups is 1. The van der Waals surface area contributed by atoms with E-state index in [0.29, 0.717) is 22.9 Å². The number of anilines is 1. The van der Waals surface area contributed by atoms with Crippen molar-refractivity contribution in [2.75, 3.05) is 26.6 Å². The number of aryl methyl sites for hydroxylation is 1. The molecule has 2 aromatic rings. The molecule has 0 fully saturated rings. The molecule has 0 atom stereocenters. The first-order valence-corrected chi connectivity index (χ1v) is 7.22. The number of nitrogens with one attached hydrogen (secondary N) is 1. The van der Waals surface area contributed by atoms with E-state index in [9.17, 15) is 14.4 Å². The number of carbonyl (C=O) groups excluding carboxylic acids is 1. The molecule has 0 saturated carbocycles. The number of amides is 1. The zero-order valence-electron chi connectivity index (χ0n) is 14.6. The molecule has 1 N–H and O–H groups in total. The van der Waals surface area contributed by atoms with Gasteiger partial charge in [0.2, 0.25) is 5.75 Å². The summed E-state index contributed by atoms with van der Waals surface area (Å²) in [6.07, 6.45) is 1.19. The summed E-state index contributed by atoms with van der Waals surface area (Å²) in [5.74, 6) is 0.419. The maximum atomic E-state index is 12.5. The lowest BCUT2D eigenvalue weighted by Crippen LogP contribution is -2.40. The van der Waals surface area contributed by atoms with Gasteiger partial charge in [-0.1, -0.05) is 0 Å². The number of hydrogen-bond acceptors (Lipinski definition) is 6. The monoisotopic (exact) mass is 349 g/mol. The minimum Gasteiger partial charge on any atom is -0.493 e. The molecule has 1 heterocycles. The van der Waals surface area contributed by atoms with E-state index in [1.165, 1.54) is 53.8 Å². The number of hydrogen-bond donors (Lipinski definition) is 1. The van der Waals surface area contributed by atoms with Crippen molar-refractivity contribution in [3.8, 4) is 17.2 Å². The lowest BCUT2D eigenvalue weighted by atomic mass is 10.2. The third kappa shape index (κ3) is 3.35. The highest BCUT2D eigenvalue weighted by Gasteiger charge is 2.18. The zero-order valence-corrected chi connectivity index (χ0v) is 14.6. The fourth-order valence-electron chi connectivity index (χ4n) is 2.32. The third-order valence-electron chi connectivity index (χ3n) is 3.61. The van der Waals surface area contributed by atoms with Crippen LogP contribution in [0.1, 0.15) is 10.4 Å². The molecule has 0 saturated heterocycles. The molecule has 0 unspecified atom stereocenters. The van der Waals surface area contributed by atoms with E-state index in [1.807, 2.05) is 0 Å². The fourth-order valence-corrected chi connectivity index (χ4v) is 2.32. The van der Waals surface area contributed by atoms with Gasteiger partial charge in [-0.05, 0) is 0 Å². The van der Waals surface area contributed by atoms with Gasteiger partial charge in [-0.2, -0.15) is 0 Å². The highest BCUT2D eigenvalue weighted by atomic mass is 16.5. The maximum Gasteiger partial charge on any atom is 0.330 e. The highest BCUT2D eigenvalue weighted by molar-refractivity contribution is 6.04. The van der Waals surface area contributed by atoms with Gasteiger partial charge < -0.3 is 24.1 Å². The van der Waals surface area contributed by atoms with Crippen LogP contribution in [0.2, 0.25) is 0 Å². The molecule has 9 nitrogen and oxygen atoms in total. The average molecular weight is 349 g/mol. The molecule has 1 amide bonds. The van der Waals surface area contributed by atoms with Crippen molar-refractivity contribution in [1.29, 1.82) is 0 Å². The SMILES string of the molecule is COc1cc(NC(=O)c2cn(C)c(=O)n(C)c2=O)cc(OC)c1OC. The van der Waals surface area contributed by atoms with Crippen LogP contribution in [-0.2, 0) is 14.1 Å². The molecule has 1 aromatic carbocycles. The second-order valence-electron chi connectivity index (χ2n) is 5.17. The van der Waals surface area contributed by atoms with Gasteiger partial charge >= 0.3 is 5.69 Å². The van der Waals surface area contributed by atoms with Crippen molar-refractivity contribution in [2.24, 2.45) is 14.1 Å². The Labute approximate surface area is 143 Å². The van der Waals surface area contributed by atoms with Gasteiger partial charge in [0.1, 0.15) is 5.56 Å². The molecule has 25 heavy (non-hydrogen) atoms. The first-order chi connectivity index (χ1) is 11.8. The first-order valence-electron chi connectivity index (χ1n) is 7.22. The maximum absolute atomic E-state index is 12.5. The fraction of sp³-hybridized carbons (Fsp3) is 0.312. The van der Waals surface area contributed by atoms with Gasteiger partial charge in [0.25, 0.3) is 11.5 Å². The molecule has 9 heteroatoms. The van der Waals surface area contributed by atoms with E-state index in [0.717, 1.165) is 9.13 Å². The summed E-state index contributed by atoms with van der Waals surface area (Å²) >= 11 is 0.